The van der Waals surface area contributed by atoms with Crippen LogP contribution in [0.2, 0.25) is 0 Å². The molecule has 1 N–H and O–H groups in total. The largest absolute Gasteiger partial charge is 0.493 e. The van der Waals surface area contributed by atoms with Crippen molar-refractivity contribution in [2.24, 2.45) is 0 Å². The van der Waals surface area contributed by atoms with Gasteiger partial charge in [0.25, 0.3) is 0 Å². The van der Waals surface area contributed by atoms with E-state index in [1.165, 1.54) is 19.8 Å². The number of para-hydroxylation sites is 1. The molecule has 0 aliphatic carbocycles. The molecule has 1 atom stereocenters. The Morgan fingerprint density at radius 2 is 2.05 bits per heavy atom. The van der Waals surface area contributed by atoms with E-state index in [2.05, 4.69) is 48.0 Å². The molecule has 2 nitrogen and oxygen atoms in total. The van der Waals surface area contributed by atoms with Crippen LogP contribution in [-0.2, 0) is 0 Å². The number of hydrogen-bond donors (Lipinski definition) is 1. The maximum atomic E-state index is 5.91. The second-order valence-electron chi connectivity index (χ2n) is 4.91. The van der Waals surface area contributed by atoms with Gasteiger partial charge in [-0.1, -0.05) is 25.1 Å². The third-order valence-corrected chi connectivity index (χ3v) is 5.58. The Kier molecular flexibility index (Phi) is 4.58. The van der Waals surface area contributed by atoms with E-state index in [9.17, 15) is 0 Å². The van der Waals surface area contributed by atoms with E-state index in [4.69, 9.17) is 4.74 Å². The zero-order valence-corrected chi connectivity index (χ0v) is 13.9. The van der Waals surface area contributed by atoms with Crippen molar-refractivity contribution >= 4 is 32.1 Å². The lowest BCUT2D eigenvalue weighted by atomic mass is 10.0. The van der Waals surface area contributed by atoms with Gasteiger partial charge < -0.3 is 10.1 Å². The van der Waals surface area contributed by atoms with E-state index in [1.54, 1.807) is 11.3 Å². The molecular weight excluding hydrogens is 298 g/mol. The molecule has 21 heavy (non-hydrogen) atoms. The van der Waals surface area contributed by atoms with Gasteiger partial charge in [-0.05, 0) is 37.0 Å². The maximum absolute atomic E-state index is 5.91. The highest BCUT2D eigenvalue weighted by molar-refractivity contribution is 7.27. The Balaban J connectivity index is 1.97. The first kappa shape index (κ1) is 14.6. The van der Waals surface area contributed by atoms with E-state index in [0.717, 1.165) is 18.8 Å². The molecule has 0 amide bonds. The fraction of sp³-hybridized carbons (Fsp3) is 0.294. The van der Waals surface area contributed by atoms with Crippen molar-refractivity contribution in [1.29, 1.82) is 0 Å². The molecule has 0 aliphatic heterocycles. The quantitative estimate of drug-likeness (QED) is 0.686. The Morgan fingerprint density at radius 3 is 2.81 bits per heavy atom. The number of benzene rings is 1. The zero-order valence-electron chi connectivity index (χ0n) is 12.3. The molecule has 0 fully saturated rings. The van der Waals surface area contributed by atoms with Crippen LogP contribution in [0.15, 0.2) is 41.8 Å². The molecule has 3 aromatic rings. The molecule has 0 saturated heterocycles. The van der Waals surface area contributed by atoms with E-state index in [0.29, 0.717) is 0 Å². The number of nitrogens with one attached hydrogen (secondary N) is 1. The first-order valence-electron chi connectivity index (χ1n) is 7.19. The number of rotatable bonds is 6. The van der Waals surface area contributed by atoms with E-state index in [-0.39, 0.29) is 6.04 Å². The van der Waals surface area contributed by atoms with Gasteiger partial charge in [0.15, 0.2) is 0 Å². The van der Waals surface area contributed by atoms with Gasteiger partial charge in [-0.3, -0.25) is 0 Å². The first-order valence-corrected chi connectivity index (χ1v) is 8.89. The summed E-state index contributed by atoms with van der Waals surface area (Å²) in [6, 6.07) is 13.0. The molecule has 2 heterocycles. The van der Waals surface area contributed by atoms with E-state index >= 15 is 0 Å². The average molecular weight is 317 g/mol. The van der Waals surface area contributed by atoms with Crippen molar-refractivity contribution in [2.75, 3.05) is 13.7 Å². The molecule has 0 spiro atoms. The molecule has 1 aromatic carbocycles. The summed E-state index contributed by atoms with van der Waals surface area (Å²) in [7, 11) is 2.01. The Bertz CT molecular complexity index is 688. The summed E-state index contributed by atoms with van der Waals surface area (Å²) in [6.45, 7) is 2.89. The predicted octanol–water partition coefficient (Wildman–Crippen LogP) is 5.06. The summed E-state index contributed by atoms with van der Waals surface area (Å²) in [5.41, 5.74) is 1.21. The van der Waals surface area contributed by atoms with Crippen LogP contribution < -0.4 is 10.1 Å². The van der Waals surface area contributed by atoms with Crippen molar-refractivity contribution in [2.45, 2.75) is 19.4 Å². The smallest absolute Gasteiger partial charge is 0.124 e. The van der Waals surface area contributed by atoms with Crippen LogP contribution in [0.3, 0.4) is 0 Å². The second kappa shape index (κ2) is 6.60. The van der Waals surface area contributed by atoms with Crippen LogP contribution in [-0.4, -0.2) is 13.7 Å². The minimum atomic E-state index is 0.183. The number of thiophene rings is 2. The normalized spacial score (nSPS) is 12.7. The third-order valence-electron chi connectivity index (χ3n) is 3.42. The fourth-order valence-electron chi connectivity index (χ4n) is 2.44. The van der Waals surface area contributed by atoms with Gasteiger partial charge in [0.05, 0.1) is 12.6 Å². The summed E-state index contributed by atoms with van der Waals surface area (Å²) >= 11 is 3.66. The molecule has 0 radical (unpaired) electrons. The van der Waals surface area contributed by atoms with Gasteiger partial charge >= 0.3 is 0 Å². The highest BCUT2D eigenvalue weighted by Gasteiger charge is 2.19. The second-order valence-corrected chi connectivity index (χ2v) is 6.97. The summed E-state index contributed by atoms with van der Waals surface area (Å²) in [4.78, 5) is 1.34. The summed E-state index contributed by atoms with van der Waals surface area (Å²) in [5, 5.41) is 5.59. The molecule has 0 aliphatic rings. The van der Waals surface area contributed by atoms with E-state index < -0.39 is 0 Å². The molecule has 4 heteroatoms. The van der Waals surface area contributed by atoms with Crippen molar-refractivity contribution in [3.05, 3.63) is 52.2 Å². The number of ether oxygens (including phenoxy) is 1. The fourth-order valence-corrected chi connectivity index (χ4v) is 4.69. The van der Waals surface area contributed by atoms with Gasteiger partial charge in [0.1, 0.15) is 5.75 Å². The summed E-state index contributed by atoms with van der Waals surface area (Å²) in [5.74, 6) is 0.982. The number of fused-ring (bicyclic) bond motifs is 1. The van der Waals surface area contributed by atoms with Gasteiger partial charge in [0.2, 0.25) is 0 Å². The lowest BCUT2D eigenvalue weighted by molar-refractivity contribution is 0.312. The number of hydrogen-bond acceptors (Lipinski definition) is 4. The molecule has 3 rings (SSSR count). The Labute approximate surface area is 133 Å². The van der Waals surface area contributed by atoms with Crippen molar-refractivity contribution in [3.63, 3.8) is 0 Å². The Morgan fingerprint density at radius 1 is 1.19 bits per heavy atom. The zero-order chi connectivity index (χ0) is 14.7. The van der Waals surface area contributed by atoms with Crippen LogP contribution in [0.5, 0.6) is 5.75 Å². The predicted molar refractivity (Wildman–Crippen MR) is 92.8 cm³/mol. The average Bonchev–Trinajstić information content (AvgIpc) is 3.08. The highest BCUT2D eigenvalue weighted by Crippen LogP contribution is 2.38. The third kappa shape index (κ3) is 2.98. The molecule has 0 saturated carbocycles. The van der Waals surface area contributed by atoms with Crippen molar-refractivity contribution in [3.8, 4) is 5.75 Å². The molecule has 110 valence electrons. The SMILES string of the molecule is CCCOc1ccccc1C(NC)c1cc2sccc2s1. The standard InChI is InChI=1S/C17H19NOS2/c1-3-9-19-13-7-5-4-6-12(13)17(18-2)16-11-15-14(21-16)8-10-20-15/h4-8,10-11,17-18H,3,9H2,1-2H3. The van der Waals surface area contributed by atoms with Crippen LogP contribution in [0, 0.1) is 0 Å². The topological polar surface area (TPSA) is 21.3 Å². The molecule has 1 unspecified atom stereocenters. The lowest BCUT2D eigenvalue weighted by Gasteiger charge is -2.19. The van der Waals surface area contributed by atoms with Gasteiger partial charge in [0, 0.05) is 19.8 Å². The lowest BCUT2D eigenvalue weighted by Crippen LogP contribution is -2.17. The van der Waals surface area contributed by atoms with Crippen molar-refractivity contribution in [1.82, 2.24) is 5.32 Å². The summed E-state index contributed by atoms with van der Waals surface area (Å²) in [6.07, 6.45) is 1.02. The van der Waals surface area contributed by atoms with E-state index in [1.807, 2.05) is 24.5 Å². The monoisotopic (exact) mass is 317 g/mol. The van der Waals surface area contributed by atoms with Gasteiger partial charge in [-0.15, -0.1) is 22.7 Å². The first-order chi connectivity index (χ1) is 10.3. The van der Waals surface area contributed by atoms with Crippen LogP contribution in [0.1, 0.15) is 29.8 Å². The molecule has 2 aromatic heterocycles. The van der Waals surface area contributed by atoms with Crippen molar-refractivity contribution < 1.29 is 4.74 Å². The van der Waals surface area contributed by atoms with Crippen LogP contribution in [0.25, 0.3) is 9.40 Å². The molecular formula is C17H19NOS2. The van der Waals surface area contributed by atoms with Crippen LogP contribution >= 0.6 is 22.7 Å². The molecule has 0 bridgehead atoms. The van der Waals surface area contributed by atoms with Gasteiger partial charge in [-0.2, -0.15) is 0 Å². The van der Waals surface area contributed by atoms with Crippen LogP contribution in [0.4, 0.5) is 0 Å². The Hall–Kier alpha value is -1.36. The minimum Gasteiger partial charge on any atom is -0.493 e. The highest BCUT2D eigenvalue weighted by atomic mass is 32.1. The van der Waals surface area contributed by atoms with Gasteiger partial charge in [-0.25, -0.2) is 0 Å². The maximum Gasteiger partial charge on any atom is 0.124 e. The minimum absolute atomic E-state index is 0.183. The summed E-state index contributed by atoms with van der Waals surface area (Å²) < 4.78 is 8.64.